The first-order valence-corrected chi connectivity index (χ1v) is 11.9. The van der Waals surface area contributed by atoms with Crippen LogP contribution in [0.1, 0.15) is 11.1 Å². The number of hydrogen-bond donors (Lipinski definition) is 1. The number of nitrogens with one attached hydrogen (secondary N) is 1. The molecule has 0 radical (unpaired) electrons. The van der Waals surface area contributed by atoms with E-state index in [-0.39, 0.29) is 35.0 Å². The standard InChI is InChI=1S/C23H18ClF3N2O4S/c24-17-8-10-18(11-9-17)34(31,32)29-14-21(33-20-7-2-1-6-19(20)29)22(30)28-13-15-4-3-5-16(12-15)23(25,26)27/h1-12,21H,13-14H2,(H,28,30). The molecule has 178 valence electrons. The Bertz CT molecular complexity index is 1310. The van der Waals surface area contributed by atoms with Gasteiger partial charge in [-0.1, -0.05) is 35.9 Å². The minimum atomic E-state index is -4.51. The summed E-state index contributed by atoms with van der Waals surface area (Å²) in [7, 11) is -4.06. The van der Waals surface area contributed by atoms with Crippen LogP contribution in [-0.4, -0.2) is 27.0 Å². The number of hydrogen-bond acceptors (Lipinski definition) is 4. The van der Waals surface area contributed by atoms with Crippen molar-refractivity contribution in [3.05, 3.63) is 88.9 Å². The van der Waals surface area contributed by atoms with Crippen molar-refractivity contribution in [3.8, 4) is 5.75 Å². The average Bonchev–Trinajstić information content (AvgIpc) is 2.81. The number of fused-ring (bicyclic) bond motifs is 1. The molecule has 0 aromatic heterocycles. The van der Waals surface area contributed by atoms with E-state index in [9.17, 15) is 26.4 Å². The molecule has 0 fully saturated rings. The van der Waals surface area contributed by atoms with Crippen LogP contribution in [0, 0.1) is 0 Å². The van der Waals surface area contributed by atoms with Gasteiger partial charge in [0.05, 0.1) is 22.7 Å². The summed E-state index contributed by atoms with van der Waals surface area (Å²) in [5, 5.41) is 2.90. The Morgan fingerprint density at radius 3 is 2.47 bits per heavy atom. The monoisotopic (exact) mass is 510 g/mol. The first-order valence-electron chi connectivity index (χ1n) is 10.0. The molecule has 4 rings (SSSR count). The Balaban J connectivity index is 1.56. The van der Waals surface area contributed by atoms with E-state index in [4.69, 9.17) is 16.3 Å². The highest BCUT2D eigenvalue weighted by atomic mass is 35.5. The summed E-state index contributed by atoms with van der Waals surface area (Å²) in [6.45, 7) is -0.509. The Morgan fingerprint density at radius 2 is 1.76 bits per heavy atom. The maximum absolute atomic E-state index is 13.3. The first-order chi connectivity index (χ1) is 16.1. The highest BCUT2D eigenvalue weighted by Gasteiger charge is 2.37. The molecule has 3 aromatic carbocycles. The summed E-state index contributed by atoms with van der Waals surface area (Å²) in [6.07, 6.45) is -5.73. The van der Waals surface area contributed by atoms with E-state index in [1.165, 1.54) is 42.5 Å². The number of rotatable bonds is 5. The number of para-hydroxylation sites is 2. The quantitative estimate of drug-likeness (QED) is 0.543. The van der Waals surface area contributed by atoms with Gasteiger partial charge in [-0.15, -0.1) is 0 Å². The number of benzene rings is 3. The van der Waals surface area contributed by atoms with Crippen molar-refractivity contribution in [3.63, 3.8) is 0 Å². The van der Waals surface area contributed by atoms with Crippen LogP contribution in [0.5, 0.6) is 5.75 Å². The molecule has 1 unspecified atom stereocenters. The SMILES string of the molecule is O=C(NCc1cccc(C(F)(F)F)c1)C1CN(S(=O)(=O)c2ccc(Cl)cc2)c2ccccc2O1. The number of halogens is 4. The molecule has 0 bridgehead atoms. The van der Waals surface area contributed by atoms with Gasteiger partial charge in [-0.2, -0.15) is 13.2 Å². The number of alkyl halides is 3. The van der Waals surface area contributed by atoms with Gasteiger partial charge in [-0.3, -0.25) is 9.10 Å². The summed E-state index contributed by atoms with van der Waals surface area (Å²) >= 11 is 5.87. The molecule has 3 aromatic rings. The molecule has 0 saturated carbocycles. The van der Waals surface area contributed by atoms with Crippen LogP contribution < -0.4 is 14.4 Å². The summed E-state index contributed by atoms with van der Waals surface area (Å²) in [4.78, 5) is 12.8. The largest absolute Gasteiger partial charge is 0.476 e. The van der Waals surface area contributed by atoms with Crippen molar-refractivity contribution in [1.29, 1.82) is 0 Å². The zero-order chi connectivity index (χ0) is 24.5. The van der Waals surface area contributed by atoms with Gasteiger partial charge < -0.3 is 10.1 Å². The van der Waals surface area contributed by atoms with E-state index < -0.39 is 33.8 Å². The van der Waals surface area contributed by atoms with Crippen molar-refractivity contribution in [2.24, 2.45) is 0 Å². The topological polar surface area (TPSA) is 75.7 Å². The second kappa shape index (κ2) is 9.19. The molecule has 1 atom stereocenters. The van der Waals surface area contributed by atoms with Crippen LogP contribution in [-0.2, 0) is 27.5 Å². The predicted molar refractivity (Wildman–Crippen MR) is 120 cm³/mol. The molecule has 1 N–H and O–H groups in total. The minimum Gasteiger partial charge on any atom is -0.476 e. The fourth-order valence-corrected chi connectivity index (χ4v) is 5.06. The van der Waals surface area contributed by atoms with Crippen LogP contribution in [0.4, 0.5) is 18.9 Å². The zero-order valence-corrected chi connectivity index (χ0v) is 19.0. The van der Waals surface area contributed by atoms with E-state index in [2.05, 4.69) is 5.32 Å². The van der Waals surface area contributed by atoms with E-state index in [1.807, 2.05) is 0 Å². The maximum Gasteiger partial charge on any atom is 0.416 e. The zero-order valence-electron chi connectivity index (χ0n) is 17.4. The fraction of sp³-hybridized carbons (Fsp3) is 0.174. The van der Waals surface area contributed by atoms with Crippen LogP contribution >= 0.6 is 11.6 Å². The lowest BCUT2D eigenvalue weighted by molar-refractivity contribution is -0.137. The van der Waals surface area contributed by atoms with Crippen LogP contribution in [0.15, 0.2) is 77.7 Å². The van der Waals surface area contributed by atoms with Gasteiger partial charge in [0.2, 0.25) is 0 Å². The van der Waals surface area contributed by atoms with E-state index in [0.717, 1.165) is 16.4 Å². The number of amides is 1. The lowest BCUT2D eigenvalue weighted by Crippen LogP contribution is -2.50. The Kier molecular flexibility index (Phi) is 6.46. The smallest absolute Gasteiger partial charge is 0.416 e. The highest BCUT2D eigenvalue weighted by molar-refractivity contribution is 7.92. The molecule has 1 aliphatic heterocycles. The predicted octanol–water partition coefficient (Wildman–Crippen LogP) is 4.63. The van der Waals surface area contributed by atoms with Gasteiger partial charge in [0.15, 0.2) is 6.10 Å². The number of nitrogens with zero attached hydrogens (tertiary/aromatic N) is 1. The molecule has 34 heavy (non-hydrogen) atoms. The summed E-state index contributed by atoms with van der Waals surface area (Å²) in [5.41, 5.74) is -0.327. The molecule has 6 nitrogen and oxygen atoms in total. The van der Waals surface area contributed by atoms with Crippen LogP contribution in [0.2, 0.25) is 5.02 Å². The molecule has 0 aliphatic carbocycles. The highest BCUT2D eigenvalue weighted by Crippen LogP contribution is 2.37. The van der Waals surface area contributed by atoms with Crippen molar-refractivity contribution < 1.29 is 31.1 Å². The summed E-state index contributed by atoms with van der Waals surface area (Å²) in [6, 6.07) is 16.5. The van der Waals surface area contributed by atoms with Gasteiger partial charge in [0.25, 0.3) is 15.9 Å². The van der Waals surface area contributed by atoms with Crippen molar-refractivity contribution in [2.45, 2.75) is 23.7 Å². The molecule has 11 heteroatoms. The third-order valence-corrected chi connectivity index (χ3v) is 7.20. The number of ether oxygens (including phenoxy) is 1. The first kappa shape index (κ1) is 23.9. The molecule has 0 saturated heterocycles. The van der Waals surface area contributed by atoms with Crippen LogP contribution in [0.25, 0.3) is 0 Å². The number of carbonyl (C=O) groups is 1. The molecule has 0 spiro atoms. The second-order valence-electron chi connectivity index (χ2n) is 7.48. The summed E-state index contributed by atoms with van der Waals surface area (Å²) in [5.74, 6) is -0.478. The Hall–Kier alpha value is -3.24. The second-order valence-corrected chi connectivity index (χ2v) is 9.78. The normalized spacial score (nSPS) is 15.9. The lowest BCUT2D eigenvalue weighted by Gasteiger charge is -2.34. The van der Waals surface area contributed by atoms with Crippen molar-refractivity contribution in [1.82, 2.24) is 5.32 Å². The molecule has 1 amide bonds. The maximum atomic E-state index is 13.3. The van der Waals surface area contributed by atoms with Gasteiger partial charge in [0.1, 0.15) is 5.75 Å². The van der Waals surface area contributed by atoms with Crippen molar-refractivity contribution >= 4 is 33.2 Å². The van der Waals surface area contributed by atoms with E-state index in [0.29, 0.717) is 5.02 Å². The van der Waals surface area contributed by atoms with E-state index in [1.54, 1.807) is 18.2 Å². The van der Waals surface area contributed by atoms with E-state index >= 15 is 0 Å². The summed E-state index contributed by atoms with van der Waals surface area (Å²) < 4.78 is 72.3. The Labute approximate surface area is 199 Å². The van der Waals surface area contributed by atoms with Crippen molar-refractivity contribution in [2.75, 3.05) is 10.8 Å². The van der Waals surface area contributed by atoms with Gasteiger partial charge in [-0.25, -0.2) is 8.42 Å². The lowest BCUT2D eigenvalue weighted by atomic mass is 10.1. The Morgan fingerprint density at radius 1 is 1.06 bits per heavy atom. The molecular formula is C23H18ClF3N2O4S. The molecule has 1 heterocycles. The third kappa shape index (κ3) is 4.97. The number of sulfonamides is 1. The number of anilines is 1. The van der Waals surface area contributed by atoms with Crippen LogP contribution in [0.3, 0.4) is 0 Å². The van der Waals surface area contributed by atoms with Gasteiger partial charge >= 0.3 is 6.18 Å². The number of carbonyl (C=O) groups excluding carboxylic acids is 1. The fourth-order valence-electron chi connectivity index (χ4n) is 3.46. The third-order valence-electron chi connectivity index (χ3n) is 5.15. The minimum absolute atomic E-state index is 0.0169. The average molecular weight is 511 g/mol. The van der Waals surface area contributed by atoms with Gasteiger partial charge in [0, 0.05) is 11.6 Å². The molecular weight excluding hydrogens is 493 g/mol. The molecule has 1 aliphatic rings. The van der Waals surface area contributed by atoms with Gasteiger partial charge in [-0.05, 0) is 54.1 Å².